The van der Waals surface area contributed by atoms with Crippen molar-refractivity contribution in [3.8, 4) is 0 Å². The van der Waals surface area contributed by atoms with Gasteiger partial charge in [0.05, 0.1) is 0 Å². The number of unbranched alkanes of at least 4 members (excludes halogenated alkanes) is 6. The maximum atomic E-state index is 11.7. The van der Waals surface area contributed by atoms with Crippen LogP contribution in [0.25, 0.3) is 0 Å². The van der Waals surface area contributed by atoms with Gasteiger partial charge in [-0.05, 0) is 37.0 Å². The van der Waals surface area contributed by atoms with Crippen molar-refractivity contribution in [2.45, 2.75) is 78.7 Å². The second-order valence-electron chi connectivity index (χ2n) is 5.95. The summed E-state index contributed by atoms with van der Waals surface area (Å²) in [6.45, 7) is 6.80. The molecule has 0 radical (unpaired) electrons. The number of carbonyl (C=O) groups is 1. The number of hydrogen-bond donors (Lipinski definition) is 0. The van der Waals surface area contributed by atoms with Gasteiger partial charge in [-0.3, -0.25) is 4.79 Å². The molecule has 0 N–H and O–H groups in total. The second kappa shape index (κ2) is 10.4. The number of hydrogen-bond acceptors (Lipinski definition) is 2. The molecule has 1 aromatic rings. The van der Waals surface area contributed by atoms with E-state index < -0.39 is 0 Å². The monoisotopic (exact) mass is 290 g/mol. The number of aryl methyl sites for hydroxylation is 2. The summed E-state index contributed by atoms with van der Waals surface area (Å²) in [4.78, 5) is 11.7. The van der Waals surface area contributed by atoms with Crippen LogP contribution in [0.5, 0.6) is 0 Å². The Morgan fingerprint density at radius 1 is 0.952 bits per heavy atom. The molecule has 0 spiro atoms. The number of ether oxygens (including phenoxy) is 1. The van der Waals surface area contributed by atoms with Gasteiger partial charge in [0.2, 0.25) is 0 Å². The largest absolute Gasteiger partial charge is 0.461 e. The van der Waals surface area contributed by atoms with E-state index in [0.29, 0.717) is 13.0 Å². The van der Waals surface area contributed by atoms with Crippen LogP contribution in [-0.2, 0) is 16.1 Å². The topological polar surface area (TPSA) is 26.3 Å². The van der Waals surface area contributed by atoms with Gasteiger partial charge < -0.3 is 4.74 Å². The van der Waals surface area contributed by atoms with Crippen LogP contribution in [0, 0.1) is 13.8 Å². The fraction of sp³-hybridized carbons (Fsp3) is 0.632. The summed E-state index contributed by atoms with van der Waals surface area (Å²) >= 11 is 0. The minimum absolute atomic E-state index is 0.0678. The van der Waals surface area contributed by atoms with Crippen molar-refractivity contribution in [1.82, 2.24) is 0 Å². The molecule has 21 heavy (non-hydrogen) atoms. The molecule has 0 bridgehead atoms. The Hall–Kier alpha value is -1.31. The number of esters is 1. The van der Waals surface area contributed by atoms with E-state index in [1.54, 1.807) is 0 Å². The fourth-order valence-electron chi connectivity index (χ4n) is 2.36. The van der Waals surface area contributed by atoms with Crippen molar-refractivity contribution in [3.63, 3.8) is 0 Å². The lowest BCUT2D eigenvalue weighted by Gasteiger charge is -2.07. The minimum atomic E-state index is -0.0678. The zero-order chi connectivity index (χ0) is 15.5. The Morgan fingerprint density at radius 3 is 2.29 bits per heavy atom. The van der Waals surface area contributed by atoms with Crippen molar-refractivity contribution in [3.05, 3.63) is 34.9 Å². The normalized spacial score (nSPS) is 10.6. The van der Waals surface area contributed by atoms with E-state index in [0.717, 1.165) is 18.4 Å². The zero-order valence-electron chi connectivity index (χ0n) is 13.9. The Balaban J connectivity index is 2.09. The van der Waals surface area contributed by atoms with Crippen LogP contribution in [0.2, 0.25) is 0 Å². The first-order chi connectivity index (χ1) is 10.1. The molecule has 0 saturated carbocycles. The van der Waals surface area contributed by atoms with Gasteiger partial charge in [0.15, 0.2) is 0 Å². The summed E-state index contributed by atoms with van der Waals surface area (Å²) in [5.41, 5.74) is 3.59. The SMILES string of the molecule is CCCCCCCCCC(=O)OCc1ccc(C)c(C)c1. The minimum Gasteiger partial charge on any atom is -0.461 e. The van der Waals surface area contributed by atoms with E-state index >= 15 is 0 Å². The lowest BCUT2D eigenvalue weighted by Crippen LogP contribution is -2.04. The van der Waals surface area contributed by atoms with Crippen molar-refractivity contribution < 1.29 is 9.53 Å². The van der Waals surface area contributed by atoms with Crippen molar-refractivity contribution in [1.29, 1.82) is 0 Å². The Bertz CT molecular complexity index is 424. The van der Waals surface area contributed by atoms with Crippen LogP contribution in [0.15, 0.2) is 18.2 Å². The van der Waals surface area contributed by atoms with Crippen LogP contribution in [0.4, 0.5) is 0 Å². The summed E-state index contributed by atoms with van der Waals surface area (Å²) in [5.74, 6) is -0.0678. The molecule has 118 valence electrons. The maximum absolute atomic E-state index is 11.7. The predicted molar refractivity (Wildman–Crippen MR) is 88.3 cm³/mol. The average molecular weight is 290 g/mol. The second-order valence-corrected chi connectivity index (χ2v) is 5.95. The molecule has 0 fully saturated rings. The third kappa shape index (κ3) is 7.89. The molecule has 0 heterocycles. The quantitative estimate of drug-likeness (QED) is 0.421. The van der Waals surface area contributed by atoms with Gasteiger partial charge in [-0.15, -0.1) is 0 Å². The lowest BCUT2D eigenvalue weighted by molar-refractivity contribution is -0.145. The Morgan fingerprint density at radius 2 is 1.62 bits per heavy atom. The Kier molecular flexibility index (Phi) is 8.80. The molecule has 0 aliphatic rings. The van der Waals surface area contributed by atoms with E-state index in [4.69, 9.17) is 4.74 Å². The first-order valence-corrected chi connectivity index (χ1v) is 8.35. The number of benzene rings is 1. The standard InChI is InChI=1S/C19H30O2/c1-4-5-6-7-8-9-10-11-19(20)21-15-18-13-12-16(2)17(3)14-18/h12-14H,4-11,15H2,1-3H3. The summed E-state index contributed by atoms with van der Waals surface area (Å²) in [5, 5.41) is 0. The molecular weight excluding hydrogens is 260 g/mol. The smallest absolute Gasteiger partial charge is 0.306 e. The fourth-order valence-corrected chi connectivity index (χ4v) is 2.36. The van der Waals surface area contributed by atoms with Crippen LogP contribution in [-0.4, -0.2) is 5.97 Å². The van der Waals surface area contributed by atoms with E-state index in [9.17, 15) is 4.79 Å². The number of carbonyl (C=O) groups excluding carboxylic acids is 1. The van der Waals surface area contributed by atoms with E-state index in [-0.39, 0.29) is 5.97 Å². The Labute approximate surface area is 129 Å². The maximum Gasteiger partial charge on any atom is 0.306 e. The molecule has 2 heteroatoms. The molecule has 0 unspecified atom stereocenters. The highest BCUT2D eigenvalue weighted by Crippen LogP contribution is 2.12. The van der Waals surface area contributed by atoms with Gasteiger partial charge in [-0.2, -0.15) is 0 Å². The average Bonchev–Trinajstić information content (AvgIpc) is 2.47. The van der Waals surface area contributed by atoms with Crippen LogP contribution in [0.3, 0.4) is 0 Å². The van der Waals surface area contributed by atoms with Crippen molar-refractivity contribution in [2.24, 2.45) is 0 Å². The van der Waals surface area contributed by atoms with Gasteiger partial charge in [0.1, 0.15) is 6.61 Å². The summed E-state index contributed by atoms with van der Waals surface area (Å²) < 4.78 is 5.33. The molecule has 0 aliphatic heterocycles. The molecule has 1 rings (SSSR count). The van der Waals surface area contributed by atoms with Crippen LogP contribution < -0.4 is 0 Å². The van der Waals surface area contributed by atoms with E-state index in [1.165, 1.54) is 43.2 Å². The van der Waals surface area contributed by atoms with Crippen LogP contribution >= 0.6 is 0 Å². The molecular formula is C19H30O2. The molecule has 0 aliphatic carbocycles. The molecule has 1 aromatic carbocycles. The van der Waals surface area contributed by atoms with Gasteiger partial charge in [-0.25, -0.2) is 0 Å². The highest BCUT2D eigenvalue weighted by Gasteiger charge is 2.04. The van der Waals surface area contributed by atoms with E-state index in [2.05, 4.69) is 32.9 Å². The summed E-state index contributed by atoms with van der Waals surface area (Å²) in [6, 6.07) is 6.20. The molecule has 2 nitrogen and oxygen atoms in total. The van der Waals surface area contributed by atoms with Gasteiger partial charge in [-0.1, -0.05) is 63.6 Å². The first kappa shape index (κ1) is 17.7. The van der Waals surface area contributed by atoms with Gasteiger partial charge in [0, 0.05) is 6.42 Å². The van der Waals surface area contributed by atoms with Crippen LogP contribution in [0.1, 0.15) is 75.0 Å². The highest BCUT2D eigenvalue weighted by atomic mass is 16.5. The molecule has 0 saturated heterocycles. The zero-order valence-corrected chi connectivity index (χ0v) is 13.9. The van der Waals surface area contributed by atoms with Gasteiger partial charge in [0.25, 0.3) is 0 Å². The predicted octanol–water partition coefficient (Wildman–Crippen LogP) is 5.49. The lowest BCUT2D eigenvalue weighted by atomic mass is 10.1. The molecule has 0 aromatic heterocycles. The van der Waals surface area contributed by atoms with E-state index in [1.807, 2.05) is 6.07 Å². The highest BCUT2D eigenvalue weighted by molar-refractivity contribution is 5.69. The van der Waals surface area contributed by atoms with Crippen molar-refractivity contribution >= 4 is 5.97 Å². The summed E-state index contributed by atoms with van der Waals surface area (Å²) in [6.07, 6.45) is 9.13. The molecule has 0 amide bonds. The third-order valence-electron chi connectivity index (χ3n) is 3.96. The number of rotatable bonds is 10. The van der Waals surface area contributed by atoms with Gasteiger partial charge >= 0.3 is 5.97 Å². The first-order valence-electron chi connectivity index (χ1n) is 8.35. The third-order valence-corrected chi connectivity index (χ3v) is 3.96. The summed E-state index contributed by atoms with van der Waals surface area (Å²) in [7, 11) is 0. The van der Waals surface area contributed by atoms with Crippen molar-refractivity contribution in [2.75, 3.05) is 0 Å². The molecule has 0 atom stereocenters.